The van der Waals surface area contributed by atoms with Gasteiger partial charge in [0, 0.05) is 17.8 Å². The van der Waals surface area contributed by atoms with Gasteiger partial charge >= 0.3 is 0 Å². The van der Waals surface area contributed by atoms with Crippen molar-refractivity contribution in [2.75, 3.05) is 0 Å². The second-order valence-electron chi connectivity index (χ2n) is 5.50. The normalized spacial score (nSPS) is 12.3. The molecular formula is C17H20ClN2O3S-. The van der Waals surface area contributed by atoms with Crippen LogP contribution in [0.15, 0.2) is 35.6 Å². The van der Waals surface area contributed by atoms with Crippen LogP contribution in [0.2, 0.25) is 5.02 Å². The predicted molar refractivity (Wildman–Crippen MR) is 92.9 cm³/mol. The van der Waals surface area contributed by atoms with Gasteiger partial charge in [0.15, 0.2) is 5.16 Å². The smallest absolute Gasteiger partial charge is 0.169 e. The van der Waals surface area contributed by atoms with Gasteiger partial charge in [-0.3, -0.25) is 0 Å². The molecule has 1 aromatic carbocycles. The summed E-state index contributed by atoms with van der Waals surface area (Å²) in [5, 5.41) is 21.3. The van der Waals surface area contributed by atoms with Crippen molar-refractivity contribution in [2.45, 2.75) is 49.7 Å². The van der Waals surface area contributed by atoms with Crippen LogP contribution in [-0.4, -0.2) is 25.9 Å². The first-order valence-corrected chi connectivity index (χ1v) is 9.08. The molecule has 2 aromatic rings. The van der Waals surface area contributed by atoms with Crippen LogP contribution in [-0.2, 0) is 17.9 Å². The van der Waals surface area contributed by atoms with Gasteiger partial charge in [-0.2, -0.15) is 0 Å². The highest BCUT2D eigenvalue weighted by Crippen LogP contribution is 2.27. The molecule has 1 N–H and O–H groups in total. The maximum absolute atomic E-state index is 11.4. The quantitative estimate of drug-likeness (QED) is 0.689. The standard InChI is InChI=1S/C17H21ClN2O3S/c1-2-3-4-15(16(22)23)24-17-19-14(11-21)10-20(17)9-12-5-7-13(18)8-6-12/h5-8,10,15,21H,2-4,9,11H2,1H3,(H,22,23)/p-1/t15-/m1/s1. The molecule has 0 fully saturated rings. The number of aliphatic carboxylic acids is 1. The van der Waals surface area contributed by atoms with Crippen LogP contribution in [0.3, 0.4) is 0 Å². The summed E-state index contributed by atoms with van der Waals surface area (Å²) in [6.07, 6.45) is 4.01. The van der Waals surface area contributed by atoms with Crippen LogP contribution in [0.4, 0.5) is 0 Å². The number of aromatic nitrogens is 2. The minimum absolute atomic E-state index is 0.188. The number of carbonyl (C=O) groups excluding carboxylic acids is 1. The molecule has 1 aromatic heterocycles. The summed E-state index contributed by atoms with van der Waals surface area (Å²) >= 11 is 7.07. The number of rotatable bonds is 9. The first kappa shape index (κ1) is 18.8. The Balaban J connectivity index is 2.20. The average Bonchev–Trinajstić information content (AvgIpc) is 2.95. The third-order valence-corrected chi connectivity index (χ3v) is 5.05. The van der Waals surface area contributed by atoms with Gasteiger partial charge < -0.3 is 19.6 Å². The summed E-state index contributed by atoms with van der Waals surface area (Å²) < 4.78 is 1.85. The molecule has 0 spiro atoms. The van der Waals surface area contributed by atoms with Gasteiger partial charge in [-0.05, 0) is 24.1 Å². The molecule has 0 saturated carbocycles. The predicted octanol–water partition coefficient (Wildman–Crippen LogP) is 2.48. The van der Waals surface area contributed by atoms with E-state index in [1.807, 2.05) is 23.6 Å². The molecule has 0 amide bonds. The molecule has 0 saturated heterocycles. The number of halogens is 1. The summed E-state index contributed by atoms with van der Waals surface area (Å²) in [7, 11) is 0. The largest absolute Gasteiger partial charge is 0.549 e. The van der Waals surface area contributed by atoms with Crippen molar-refractivity contribution in [3.8, 4) is 0 Å². The number of imidazole rings is 1. The van der Waals surface area contributed by atoms with Gasteiger partial charge in [0.25, 0.3) is 0 Å². The number of aliphatic hydroxyl groups is 1. The van der Waals surface area contributed by atoms with E-state index in [1.54, 1.807) is 18.3 Å². The zero-order valence-corrected chi connectivity index (χ0v) is 15.0. The van der Waals surface area contributed by atoms with E-state index in [-0.39, 0.29) is 6.61 Å². The first-order valence-electron chi connectivity index (χ1n) is 7.82. The van der Waals surface area contributed by atoms with Crippen molar-refractivity contribution in [3.05, 3.63) is 46.7 Å². The Morgan fingerprint density at radius 3 is 2.71 bits per heavy atom. The lowest BCUT2D eigenvalue weighted by Crippen LogP contribution is -2.33. The molecule has 0 bridgehead atoms. The van der Waals surface area contributed by atoms with Crippen LogP contribution >= 0.6 is 23.4 Å². The maximum Gasteiger partial charge on any atom is 0.169 e. The van der Waals surface area contributed by atoms with E-state index in [1.165, 1.54) is 11.8 Å². The van der Waals surface area contributed by atoms with E-state index in [2.05, 4.69) is 4.98 Å². The fraction of sp³-hybridized carbons (Fsp3) is 0.412. The summed E-state index contributed by atoms with van der Waals surface area (Å²) in [4.78, 5) is 15.7. The van der Waals surface area contributed by atoms with Crippen LogP contribution in [0, 0.1) is 0 Å². The number of benzene rings is 1. The summed E-state index contributed by atoms with van der Waals surface area (Å²) in [6.45, 7) is 2.36. The highest BCUT2D eigenvalue weighted by Gasteiger charge is 2.17. The molecule has 0 aliphatic heterocycles. The van der Waals surface area contributed by atoms with Crippen LogP contribution in [0.1, 0.15) is 37.4 Å². The van der Waals surface area contributed by atoms with E-state index in [0.717, 1.165) is 18.4 Å². The Hall–Kier alpha value is -1.50. The molecule has 0 unspecified atom stereocenters. The van der Waals surface area contributed by atoms with E-state index in [0.29, 0.717) is 28.8 Å². The number of carboxylic acid groups (broad SMARTS) is 1. The van der Waals surface area contributed by atoms with E-state index < -0.39 is 11.2 Å². The maximum atomic E-state index is 11.4. The summed E-state index contributed by atoms with van der Waals surface area (Å²) in [6, 6.07) is 7.42. The third-order valence-electron chi connectivity index (χ3n) is 3.55. The molecule has 0 radical (unpaired) electrons. The van der Waals surface area contributed by atoms with Crippen LogP contribution in [0.5, 0.6) is 0 Å². The minimum atomic E-state index is -1.08. The molecule has 2 rings (SSSR count). The van der Waals surface area contributed by atoms with Crippen LogP contribution in [0.25, 0.3) is 0 Å². The van der Waals surface area contributed by atoms with E-state index in [4.69, 9.17) is 11.6 Å². The second kappa shape index (κ2) is 9.11. The molecule has 0 aliphatic carbocycles. The van der Waals surface area contributed by atoms with Crippen molar-refractivity contribution in [1.29, 1.82) is 0 Å². The molecule has 1 atom stereocenters. The molecule has 24 heavy (non-hydrogen) atoms. The van der Waals surface area contributed by atoms with Gasteiger partial charge in [0.1, 0.15) is 0 Å². The molecule has 130 valence electrons. The Morgan fingerprint density at radius 2 is 2.12 bits per heavy atom. The number of aliphatic hydroxyl groups excluding tert-OH is 1. The molecule has 7 heteroatoms. The number of hydrogen-bond donors (Lipinski definition) is 1. The molecule has 0 aliphatic rings. The Morgan fingerprint density at radius 1 is 1.42 bits per heavy atom. The first-order chi connectivity index (χ1) is 11.5. The monoisotopic (exact) mass is 367 g/mol. The van der Waals surface area contributed by atoms with Crippen LogP contribution < -0.4 is 5.11 Å². The lowest BCUT2D eigenvalue weighted by atomic mass is 10.2. The van der Waals surface area contributed by atoms with Gasteiger partial charge in [-0.1, -0.05) is 55.3 Å². The molecule has 5 nitrogen and oxygen atoms in total. The van der Waals surface area contributed by atoms with E-state index in [9.17, 15) is 15.0 Å². The minimum Gasteiger partial charge on any atom is -0.549 e. The number of thioether (sulfide) groups is 1. The third kappa shape index (κ3) is 5.26. The Bertz CT molecular complexity index is 673. The topological polar surface area (TPSA) is 78.2 Å². The van der Waals surface area contributed by atoms with Gasteiger partial charge in [-0.25, -0.2) is 4.98 Å². The summed E-state index contributed by atoms with van der Waals surface area (Å²) in [5.41, 5.74) is 1.53. The summed E-state index contributed by atoms with van der Waals surface area (Å²) in [5.74, 6) is -1.08. The van der Waals surface area contributed by atoms with Crippen molar-refractivity contribution in [1.82, 2.24) is 9.55 Å². The van der Waals surface area contributed by atoms with E-state index >= 15 is 0 Å². The lowest BCUT2D eigenvalue weighted by molar-refractivity contribution is -0.304. The molecular weight excluding hydrogens is 348 g/mol. The zero-order chi connectivity index (χ0) is 17.5. The SMILES string of the molecule is CCCC[C@@H](Sc1nc(CO)cn1Cc1ccc(Cl)cc1)C(=O)[O-]. The van der Waals surface area contributed by atoms with Crippen molar-refractivity contribution in [2.24, 2.45) is 0 Å². The number of unbranched alkanes of at least 4 members (excludes halogenated alkanes) is 1. The fourth-order valence-electron chi connectivity index (χ4n) is 2.26. The lowest BCUT2D eigenvalue weighted by Gasteiger charge is -2.17. The average molecular weight is 368 g/mol. The second-order valence-corrected chi connectivity index (χ2v) is 7.10. The number of carbonyl (C=O) groups is 1. The van der Waals surface area contributed by atoms with Crippen molar-refractivity contribution < 1.29 is 15.0 Å². The number of carboxylic acids is 1. The fourth-order valence-corrected chi connectivity index (χ4v) is 3.45. The van der Waals surface area contributed by atoms with Gasteiger partial charge in [0.2, 0.25) is 0 Å². The van der Waals surface area contributed by atoms with Crippen molar-refractivity contribution >= 4 is 29.3 Å². The number of nitrogens with zero attached hydrogens (tertiary/aromatic N) is 2. The highest BCUT2D eigenvalue weighted by molar-refractivity contribution is 8.00. The number of hydrogen-bond acceptors (Lipinski definition) is 5. The van der Waals surface area contributed by atoms with Gasteiger partial charge in [-0.15, -0.1) is 0 Å². The zero-order valence-electron chi connectivity index (χ0n) is 13.4. The molecule has 1 heterocycles. The Kier molecular flexibility index (Phi) is 7.15. The van der Waals surface area contributed by atoms with Crippen molar-refractivity contribution in [3.63, 3.8) is 0 Å². The van der Waals surface area contributed by atoms with Gasteiger partial charge in [0.05, 0.1) is 23.5 Å². The Labute approximate surface area is 150 Å². The highest BCUT2D eigenvalue weighted by atomic mass is 35.5.